The number of aryl methyl sites for hydroxylation is 1. The highest BCUT2D eigenvalue weighted by Gasteiger charge is 2.24. The number of carbonyl (C=O) groups is 1. The lowest BCUT2D eigenvalue weighted by Gasteiger charge is -2.36. The molecule has 156 valence electrons. The monoisotopic (exact) mass is 396 g/mol. The number of aromatic nitrogens is 2. The van der Waals surface area contributed by atoms with Gasteiger partial charge in [0.25, 0.3) is 5.91 Å². The number of nitrogens with zero attached hydrogens (tertiary/aromatic N) is 5. The third-order valence-electron chi connectivity index (χ3n) is 5.46. The second kappa shape index (κ2) is 9.69. The van der Waals surface area contributed by atoms with Crippen molar-refractivity contribution in [3.05, 3.63) is 47.2 Å². The van der Waals surface area contributed by atoms with Crippen LogP contribution in [0, 0.1) is 13.8 Å². The molecule has 1 aliphatic rings. The molecule has 0 unspecified atom stereocenters. The van der Waals surface area contributed by atoms with Gasteiger partial charge in [0.1, 0.15) is 5.82 Å². The molecule has 1 aromatic carbocycles. The molecule has 0 saturated carbocycles. The molecule has 0 atom stereocenters. The van der Waals surface area contributed by atoms with Gasteiger partial charge in [-0.15, -0.1) is 10.2 Å². The lowest BCUT2D eigenvalue weighted by atomic mass is 10.1. The second-order valence-electron chi connectivity index (χ2n) is 7.89. The number of nitrogens with one attached hydrogen (secondary N) is 1. The summed E-state index contributed by atoms with van der Waals surface area (Å²) in [5.74, 6) is 0.664. The molecule has 7 heteroatoms. The minimum absolute atomic E-state index is 0.0442. The van der Waals surface area contributed by atoms with Gasteiger partial charge in [-0.1, -0.05) is 12.1 Å². The molecule has 29 heavy (non-hydrogen) atoms. The van der Waals surface area contributed by atoms with Crippen molar-refractivity contribution in [1.82, 2.24) is 20.0 Å². The molecule has 1 aliphatic heterocycles. The van der Waals surface area contributed by atoms with E-state index in [2.05, 4.69) is 71.5 Å². The lowest BCUT2D eigenvalue weighted by molar-refractivity contribution is 0.0739. The third-order valence-corrected chi connectivity index (χ3v) is 5.46. The molecule has 1 N–H and O–H groups in total. The Bertz CT molecular complexity index is 813. The van der Waals surface area contributed by atoms with Crippen molar-refractivity contribution in [3.63, 3.8) is 0 Å². The summed E-state index contributed by atoms with van der Waals surface area (Å²) in [6.07, 6.45) is 1.03. The Hall–Kier alpha value is -2.67. The Morgan fingerprint density at radius 1 is 1.07 bits per heavy atom. The molecule has 3 rings (SSSR count). The third kappa shape index (κ3) is 5.44. The van der Waals surface area contributed by atoms with Crippen LogP contribution in [0.5, 0.6) is 0 Å². The molecule has 7 nitrogen and oxygen atoms in total. The van der Waals surface area contributed by atoms with Crippen molar-refractivity contribution in [2.75, 3.05) is 63.6 Å². The van der Waals surface area contributed by atoms with E-state index in [1.54, 1.807) is 6.07 Å². The Balaban J connectivity index is 1.52. The van der Waals surface area contributed by atoms with Crippen molar-refractivity contribution in [3.8, 4) is 0 Å². The minimum atomic E-state index is -0.0442. The van der Waals surface area contributed by atoms with E-state index in [0.717, 1.165) is 32.6 Å². The number of hydrogen-bond donors (Lipinski definition) is 1. The van der Waals surface area contributed by atoms with Crippen LogP contribution in [0.15, 0.2) is 30.3 Å². The summed E-state index contributed by atoms with van der Waals surface area (Å²) in [6, 6.07) is 10.00. The average Bonchev–Trinajstić information content (AvgIpc) is 2.73. The van der Waals surface area contributed by atoms with Crippen LogP contribution in [0.3, 0.4) is 0 Å². The normalized spacial score (nSPS) is 14.4. The van der Waals surface area contributed by atoms with Crippen LogP contribution in [0.4, 0.5) is 11.5 Å². The average molecular weight is 397 g/mol. The van der Waals surface area contributed by atoms with E-state index in [-0.39, 0.29) is 5.91 Å². The second-order valence-corrected chi connectivity index (χ2v) is 7.89. The van der Waals surface area contributed by atoms with Gasteiger partial charge in [0.05, 0.1) is 0 Å². The van der Waals surface area contributed by atoms with Crippen molar-refractivity contribution in [2.24, 2.45) is 0 Å². The summed E-state index contributed by atoms with van der Waals surface area (Å²) >= 11 is 0. The first-order valence-corrected chi connectivity index (χ1v) is 10.3. The van der Waals surface area contributed by atoms with Crippen LogP contribution >= 0.6 is 0 Å². The predicted molar refractivity (Wildman–Crippen MR) is 118 cm³/mol. The van der Waals surface area contributed by atoms with E-state index in [1.165, 1.54) is 16.8 Å². The van der Waals surface area contributed by atoms with E-state index >= 15 is 0 Å². The Kier molecular flexibility index (Phi) is 7.04. The fraction of sp³-hybridized carbons (Fsp3) is 0.500. The molecule has 1 fully saturated rings. The number of amides is 1. The van der Waals surface area contributed by atoms with E-state index in [4.69, 9.17) is 0 Å². The maximum atomic E-state index is 12.8. The Morgan fingerprint density at radius 3 is 2.48 bits per heavy atom. The summed E-state index contributed by atoms with van der Waals surface area (Å²) in [5.41, 5.74) is 4.28. The van der Waals surface area contributed by atoms with Crippen molar-refractivity contribution >= 4 is 17.4 Å². The van der Waals surface area contributed by atoms with Crippen LogP contribution in [-0.4, -0.2) is 79.3 Å². The molecule has 2 aromatic rings. The van der Waals surface area contributed by atoms with Gasteiger partial charge >= 0.3 is 0 Å². The van der Waals surface area contributed by atoms with Gasteiger partial charge in [-0.3, -0.25) is 4.79 Å². The minimum Gasteiger partial charge on any atom is -0.369 e. The van der Waals surface area contributed by atoms with Crippen molar-refractivity contribution in [2.45, 2.75) is 20.3 Å². The number of piperazine rings is 1. The Labute approximate surface area is 173 Å². The number of benzene rings is 1. The SMILES string of the molecule is Cc1cccc(N2CCN(C(=O)c3ccc(NCCCN(C)C)nn3)CC2)c1C. The largest absolute Gasteiger partial charge is 0.369 e. The molecule has 0 radical (unpaired) electrons. The number of carbonyl (C=O) groups excluding carboxylic acids is 1. The zero-order valence-electron chi connectivity index (χ0n) is 18.0. The fourth-order valence-corrected chi connectivity index (χ4v) is 3.54. The standard InChI is InChI=1S/C22H32N6O/c1-17-7-5-8-20(18(17)2)27-13-15-28(16-14-27)22(29)19-9-10-21(25-24-19)23-11-6-12-26(3)4/h5,7-10H,6,11-16H2,1-4H3,(H,23,25). The fourth-order valence-electron chi connectivity index (χ4n) is 3.54. The van der Waals surface area contributed by atoms with Gasteiger partial charge in [0, 0.05) is 38.4 Å². The van der Waals surface area contributed by atoms with Crippen LogP contribution in [-0.2, 0) is 0 Å². The first-order chi connectivity index (χ1) is 14.0. The smallest absolute Gasteiger partial charge is 0.274 e. The first kappa shape index (κ1) is 21.0. The highest BCUT2D eigenvalue weighted by atomic mass is 16.2. The maximum Gasteiger partial charge on any atom is 0.274 e. The van der Waals surface area contributed by atoms with Gasteiger partial charge in [0.15, 0.2) is 5.69 Å². The van der Waals surface area contributed by atoms with Crippen LogP contribution in [0.2, 0.25) is 0 Å². The van der Waals surface area contributed by atoms with Crippen LogP contribution < -0.4 is 10.2 Å². The van der Waals surface area contributed by atoms with Gasteiger partial charge < -0.3 is 20.0 Å². The van der Waals surface area contributed by atoms with Crippen LogP contribution in [0.1, 0.15) is 28.0 Å². The molecule has 2 heterocycles. The quantitative estimate of drug-likeness (QED) is 0.725. The lowest BCUT2D eigenvalue weighted by Crippen LogP contribution is -2.49. The zero-order chi connectivity index (χ0) is 20.8. The molecule has 0 spiro atoms. The summed E-state index contributed by atoms with van der Waals surface area (Å²) in [7, 11) is 4.12. The van der Waals surface area contributed by atoms with Gasteiger partial charge in [-0.25, -0.2) is 0 Å². The van der Waals surface area contributed by atoms with Crippen molar-refractivity contribution in [1.29, 1.82) is 0 Å². The van der Waals surface area contributed by atoms with E-state index < -0.39 is 0 Å². The number of hydrogen-bond acceptors (Lipinski definition) is 6. The molecule has 1 aromatic heterocycles. The highest BCUT2D eigenvalue weighted by Crippen LogP contribution is 2.24. The molecular weight excluding hydrogens is 364 g/mol. The topological polar surface area (TPSA) is 64.6 Å². The molecule has 1 saturated heterocycles. The van der Waals surface area contributed by atoms with Crippen LogP contribution in [0.25, 0.3) is 0 Å². The number of anilines is 2. The number of rotatable bonds is 7. The first-order valence-electron chi connectivity index (χ1n) is 10.3. The summed E-state index contributed by atoms with van der Waals surface area (Å²) in [6.45, 7) is 9.19. The van der Waals surface area contributed by atoms with E-state index in [0.29, 0.717) is 24.6 Å². The maximum absolute atomic E-state index is 12.8. The predicted octanol–water partition coefficient (Wildman–Crippen LogP) is 2.42. The molecule has 0 bridgehead atoms. The Morgan fingerprint density at radius 2 is 1.83 bits per heavy atom. The van der Waals surface area contributed by atoms with E-state index in [9.17, 15) is 4.79 Å². The summed E-state index contributed by atoms with van der Waals surface area (Å²) < 4.78 is 0. The van der Waals surface area contributed by atoms with Gasteiger partial charge in [-0.05, 0) is 70.2 Å². The molecule has 1 amide bonds. The molecule has 0 aliphatic carbocycles. The van der Waals surface area contributed by atoms with Crippen molar-refractivity contribution < 1.29 is 4.79 Å². The van der Waals surface area contributed by atoms with Gasteiger partial charge in [0.2, 0.25) is 0 Å². The summed E-state index contributed by atoms with van der Waals surface area (Å²) in [5, 5.41) is 11.6. The highest BCUT2D eigenvalue weighted by molar-refractivity contribution is 5.92. The summed E-state index contributed by atoms with van der Waals surface area (Å²) in [4.78, 5) is 19.2. The zero-order valence-corrected chi connectivity index (χ0v) is 18.0. The van der Waals surface area contributed by atoms with E-state index in [1.807, 2.05) is 11.0 Å². The van der Waals surface area contributed by atoms with Gasteiger partial charge in [-0.2, -0.15) is 0 Å². The molecular formula is C22H32N6O.